The Labute approximate surface area is 147 Å². The second-order valence-corrected chi connectivity index (χ2v) is 5.43. The molecular formula is C19H12F2N2O3. The van der Waals surface area contributed by atoms with Crippen LogP contribution in [0.2, 0.25) is 0 Å². The van der Waals surface area contributed by atoms with E-state index in [0.29, 0.717) is 11.6 Å². The van der Waals surface area contributed by atoms with Crippen LogP contribution in [0.3, 0.4) is 0 Å². The maximum Gasteiger partial charge on any atom is 0.269 e. The van der Waals surface area contributed by atoms with Crippen molar-refractivity contribution >= 4 is 17.3 Å². The van der Waals surface area contributed by atoms with Gasteiger partial charge >= 0.3 is 0 Å². The molecule has 3 aromatic rings. The zero-order valence-electron chi connectivity index (χ0n) is 13.3. The molecule has 0 atom stereocenters. The number of benzene rings is 3. The molecule has 1 amide bonds. The molecule has 3 rings (SSSR count). The van der Waals surface area contributed by atoms with Gasteiger partial charge in [-0.25, -0.2) is 8.78 Å². The molecule has 0 spiro atoms. The van der Waals surface area contributed by atoms with Crippen LogP contribution in [0, 0.1) is 21.7 Å². The second kappa shape index (κ2) is 7.10. The van der Waals surface area contributed by atoms with Gasteiger partial charge in [0, 0.05) is 29.3 Å². The molecule has 0 saturated carbocycles. The van der Waals surface area contributed by atoms with E-state index < -0.39 is 22.5 Å². The van der Waals surface area contributed by atoms with Crippen molar-refractivity contribution in [1.29, 1.82) is 0 Å². The fourth-order valence-corrected chi connectivity index (χ4v) is 2.47. The fraction of sp³-hybridized carbons (Fsp3) is 0. The number of hydrogen-bond acceptors (Lipinski definition) is 3. The molecule has 0 radical (unpaired) electrons. The second-order valence-electron chi connectivity index (χ2n) is 5.43. The van der Waals surface area contributed by atoms with E-state index in [-0.39, 0.29) is 22.5 Å². The highest BCUT2D eigenvalue weighted by Gasteiger charge is 2.17. The van der Waals surface area contributed by atoms with Crippen LogP contribution < -0.4 is 5.32 Å². The van der Waals surface area contributed by atoms with Crippen molar-refractivity contribution in [2.45, 2.75) is 0 Å². The molecule has 26 heavy (non-hydrogen) atoms. The maximum absolute atomic E-state index is 14.3. The molecule has 0 aliphatic heterocycles. The fourth-order valence-electron chi connectivity index (χ4n) is 2.47. The van der Waals surface area contributed by atoms with Crippen LogP contribution in [0.4, 0.5) is 20.2 Å². The van der Waals surface area contributed by atoms with Crippen LogP contribution in [0.25, 0.3) is 11.1 Å². The third-order valence-corrected chi connectivity index (χ3v) is 3.72. The summed E-state index contributed by atoms with van der Waals surface area (Å²) >= 11 is 0. The van der Waals surface area contributed by atoms with Gasteiger partial charge in [0.15, 0.2) is 0 Å². The number of nitrogens with one attached hydrogen (secondary N) is 1. The summed E-state index contributed by atoms with van der Waals surface area (Å²) in [5, 5.41) is 13.1. The molecule has 0 bridgehead atoms. The molecule has 0 aliphatic carbocycles. The lowest BCUT2D eigenvalue weighted by molar-refractivity contribution is -0.384. The van der Waals surface area contributed by atoms with Crippen LogP contribution in [-0.2, 0) is 0 Å². The monoisotopic (exact) mass is 354 g/mol. The first-order valence-corrected chi connectivity index (χ1v) is 7.56. The summed E-state index contributed by atoms with van der Waals surface area (Å²) in [6, 6.07) is 15.2. The summed E-state index contributed by atoms with van der Waals surface area (Å²) in [4.78, 5) is 22.5. The Balaban J connectivity index is 1.96. The minimum absolute atomic E-state index is 0.110. The lowest BCUT2D eigenvalue weighted by Gasteiger charge is -2.13. The predicted octanol–water partition coefficient (Wildman–Crippen LogP) is 4.79. The van der Waals surface area contributed by atoms with E-state index in [1.807, 2.05) is 0 Å². The van der Waals surface area contributed by atoms with E-state index in [9.17, 15) is 23.7 Å². The van der Waals surface area contributed by atoms with Crippen molar-refractivity contribution in [2.24, 2.45) is 0 Å². The van der Waals surface area contributed by atoms with Crippen molar-refractivity contribution in [2.75, 3.05) is 5.32 Å². The third-order valence-electron chi connectivity index (χ3n) is 3.72. The average Bonchev–Trinajstić information content (AvgIpc) is 2.64. The van der Waals surface area contributed by atoms with Gasteiger partial charge in [-0.3, -0.25) is 14.9 Å². The molecule has 130 valence electrons. The summed E-state index contributed by atoms with van der Waals surface area (Å²) in [5.74, 6) is -2.35. The number of amides is 1. The van der Waals surface area contributed by atoms with Crippen molar-refractivity contribution in [1.82, 2.24) is 0 Å². The number of non-ortho nitro benzene ring substituents is 1. The molecular weight excluding hydrogens is 342 g/mol. The van der Waals surface area contributed by atoms with Gasteiger partial charge in [-0.1, -0.05) is 30.3 Å². The van der Waals surface area contributed by atoms with Crippen LogP contribution >= 0.6 is 0 Å². The molecule has 0 fully saturated rings. The molecule has 5 nitrogen and oxygen atoms in total. The van der Waals surface area contributed by atoms with Crippen LogP contribution in [0.1, 0.15) is 10.4 Å². The van der Waals surface area contributed by atoms with Gasteiger partial charge in [0.25, 0.3) is 11.6 Å². The summed E-state index contributed by atoms with van der Waals surface area (Å²) in [5.41, 5.74) is 0.502. The zero-order chi connectivity index (χ0) is 18.7. The number of nitro benzene ring substituents is 1. The lowest BCUT2D eigenvalue weighted by atomic mass is 10.0. The highest BCUT2D eigenvalue weighted by Crippen LogP contribution is 2.32. The van der Waals surface area contributed by atoms with Gasteiger partial charge in [0.2, 0.25) is 0 Å². The van der Waals surface area contributed by atoms with E-state index in [0.717, 1.165) is 6.07 Å². The van der Waals surface area contributed by atoms with E-state index >= 15 is 0 Å². The highest BCUT2D eigenvalue weighted by molar-refractivity contribution is 6.06. The minimum Gasteiger partial charge on any atom is -0.319 e. The summed E-state index contributed by atoms with van der Waals surface area (Å²) in [7, 11) is 0. The Morgan fingerprint density at radius 1 is 0.962 bits per heavy atom. The van der Waals surface area contributed by atoms with Crippen LogP contribution in [0.15, 0.2) is 66.7 Å². The van der Waals surface area contributed by atoms with Crippen molar-refractivity contribution in [3.8, 4) is 11.1 Å². The first kappa shape index (κ1) is 17.2. The van der Waals surface area contributed by atoms with Gasteiger partial charge in [0.05, 0.1) is 10.6 Å². The molecule has 0 unspecified atom stereocenters. The molecule has 0 heterocycles. The minimum atomic E-state index is -0.917. The van der Waals surface area contributed by atoms with E-state index in [2.05, 4.69) is 5.32 Å². The van der Waals surface area contributed by atoms with Gasteiger partial charge in [0.1, 0.15) is 11.6 Å². The quantitative estimate of drug-likeness (QED) is 0.541. The smallest absolute Gasteiger partial charge is 0.269 e. The Bertz CT molecular complexity index is 974. The number of halogens is 2. The van der Waals surface area contributed by atoms with Gasteiger partial charge in [-0.15, -0.1) is 0 Å². The third kappa shape index (κ3) is 3.56. The van der Waals surface area contributed by atoms with Crippen molar-refractivity contribution < 1.29 is 18.5 Å². The maximum atomic E-state index is 14.3. The summed E-state index contributed by atoms with van der Waals surface area (Å²) < 4.78 is 28.0. The topological polar surface area (TPSA) is 72.2 Å². The Kier molecular flexibility index (Phi) is 4.70. The van der Waals surface area contributed by atoms with Gasteiger partial charge in [-0.05, 0) is 23.8 Å². The largest absolute Gasteiger partial charge is 0.319 e. The van der Waals surface area contributed by atoms with Crippen molar-refractivity contribution in [3.63, 3.8) is 0 Å². The number of carbonyl (C=O) groups is 1. The number of carbonyl (C=O) groups excluding carboxylic acids is 1. The summed E-state index contributed by atoms with van der Waals surface area (Å²) in [6.07, 6.45) is 0. The molecule has 7 heteroatoms. The first-order chi connectivity index (χ1) is 12.5. The van der Waals surface area contributed by atoms with Crippen LogP contribution in [0.5, 0.6) is 0 Å². The van der Waals surface area contributed by atoms with E-state index in [1.165, 1.54) is 24.3 Å². The number of nitrogens with zero attached hydrogens (tertiary/aromatic N) is 1. The first-order valence-electron chi connectivity index (χ1n) is 7.56. The predicted molar refractivity (Wildman–Crippen MR) is 92.8 cm³/mol. The van der Waals surface area contributed by atoms with Gasteiger partial charge < -0.3 is 5.32 Å². The molecule has 0 saturated heterocycles. The number of anilines is 1. The molecule has 1 N–H and O–H groups in total. The highest BCUT2D eigenvalue weighted by atomic mass is 19.1. The van der Waals surface area contributed by atoms with E-state index in [1.54, 1.807) is 30.3 Å². The molecule has 3 aromatic carbocycles. The van der Waals surface area contributed by atoms with E-state index in [4.69, 9.17) is 0 Å². The van der Waals surface area contributed by atoms with Gasteiger partial charge in [-0.2, -0.15) is 0 Å². The summed E-state index contributed by atoms with van der Waals surface area (Å²) in [6.45, 7) is 0. The lowest BCUT2D eigenvalue weighted by Crippen LogP contribution is -2.14. The Hall–Kier alpha value is -3.61. The standard InChI is InChI=1S/C19H12F2N2O3/c20-14-10-16(12-4-2-1-3-5-12)18(17(21)11-14)22-19(24)13-6-8-15(9-7-13)23(25)26/h1-11H,(H,22,24). The molecule has 0 aliphatic rings. The number of hydrogen-bond donors (Lipinski definition) is 1. The zero-order valence-corrected chi connectivity index (χ0v) is 13.3. The molecule has 0 aromatic heterocycles. The van der Waals surface area contributed by atoms with Crippen LogP contribution in [-0.4, -0.2) is 10.8 Å². The SMILES string of the molecule is O=C(Nc1c(F)cc(F)cc1-c1ccccc1)c1ccc([N+](=O)[O-])cc1. The Morgan fingerprint density at radius 2 is 1.62 bits per heavy atom. The number of rotatable bonds is 4. The Morgan fingerprint density at radius 3 is 2.23 bits per heavy atom. The number of nitro groups is 1. The van der Waals surface area contributed by atoms with Crippen molar-refractivity contribution in [3.05, 3.63) is 94.0 Å². The normalized spacial score (nSPS) is 10.4. The average molecular weight is 354 g/mol.